The first-order chi connectivity index (χ1) is 11.9. The number of rotatable bonds is 4. The highest BCUT2D eigenvalue weighted by Crippen LogP contribution is 2.22. The first-order valence-electron chi connectivity index (χ1n) is 8.14. The van der Waals surface area contributed by atoms with Gasteiger partial charge in [-0.3, -0.25) is 14.9 Å². The van der Waals surface area contributed by atoms with Gasteiger partial charge in [0, 0.05) is 44.9 Å². The van der Waals surface area contributed by atoms with E-state index in [0.717, 1.165) is 19.0 Å². The van der Waals surface area contributed by atoms with Crippen LogP contribution >= 0.6 is 0 Å². The molecule has 0 spiro atoms. The zero-order valence-corrected chi connectivity index (χ0v) is 14.4. The van der Waals surface area contributed by atoms with Gasteiger partial charge >= 0.3 is 0 Å². The lowest BCUT2D eigenvalue weighted by molar-refractivity contribution is -0.385. The summed E-state index contributed by atoms with van der Waals surface area (Å²) in [6, 6.07) is 5.03. The van der Waals surface area contributed by atoms with E-state index in [2.05, 4.69) is 5.32 Å². The molecule has 1 N–H and O–H groups in total. The quantitative estimate of drug-likeness (QED) is 0.593. The second kappa shape index (κ2) is 7.06. The molecule has 2 aliphatic heterocycles. The van der Waals surface area contributed by atoms with Gasteiger partial charge in [-0.15, -0.1) is 0 Å². The van der Waals surface area contributed by atoms with E-state index in [1.165, 1.54) is 22.5 Å². The lowest BCUT2D eigenvalue weighted by Crippen LogP contribution is -2.52. The van der Waals surface area contributed by atoms with Gasteiger partial charge in [0.1, 0.15) is 0 Å². The molecule has 3 rings (SSSR count). The summed E-state index contributed by atoms with van der Waals surface area (Å²) >= 11 is 0. The normalized spacial score (nSPS) is 22.1. The maximum atomic E-state index is 12.7. The van der Waals surface area contributed by atoms with Crippen molar-refractivity contribution in [1.29, 1.82) is 0 Å². The van der Waals surface area contributed by atoms with E-state index in [0.29, 0.717) is 19.6 Å². The van der Waals surface area contributed by atoms with Gasteiger partial charge in [0.2, 0.25) is 15.9 Å². The van der Waals surface area contributed by atoms with E-state index in [1.54, 1.807) is 4.90 Å². The minimum Gasteiger partial charge on any atom is -0.340 e. The van der Waals surface area contributed by atoms with Crippen LogP contribution in [0.3, 0.4) is 0 Å². The van der Waals surface area contributed by atoms with E-state index >= 15 is 0 Å². The SMILES string of the molecule is O=C(C1CCNC1)N1CCN(S(=O)(=O)c2cccc([N+](=O)[O-])c2)CC1. The maximum absolute atomic E-state index is 12.7. The number of benzene rings is 1. The van der Waals surface area contributed by atoms with Crippen LogP contribution in [0.15, 0.2) is 29.2 Å². The fraction of sp³-hybridized carbons (Fsp3) is 0.533. The number of nitrogens with zero attached hydrogens (tertiary/aromatic N) is 3. The molecule has 0 aliphatic carbocycles. The second-order valence-electron chi connectivity index (χ2n) is 6.17. The highest BCUT2D eigenvalue weighted by molar-refractivity contribution is 7.89. The Hall–Kier alpha value is -2.04. The first kappa shape index (κ1) is 17.8. The molecule has 2 heterocycles. The minimum atomic E-state index is -3.81. The fourth-order valence-corrected chi connectivity index (χ4v) is 4.64. The van der Waals surface area contributed by atoms with Crippen LogP contribution in [-0.2, 0) is 14.8 Å². The summed E-state index contributed by atoms with van der Waals surface area (Å²) in [5.74, 6) is 0.0392. The minimum absolute atomic E-state index is 0.0278. The summed E-state index contributed by atoms with van der Waals surface area (Å²) in [6.45, 7) is 2.56. The lowest BCUT2D eigenvalue weighted by atomic mass is 10.1. The van der Waals surface area contributed by atoms with Crippen molar-refractivity contribution >= 4 is 21.6 Å². The van der Waals surface area contributed by atoms with E-state index < -0.39 is 14.9 Å². The second-order valence-corrected chi connectivity index (χ2v) is 8.11. The Balaban J connectivity index is 1.68. The Morgan fingerprint density at radius 3 is 2.56 bits per heavy atom. The molecule has 0 bridgehead atoms. The van der Waals surface area contributed by atoms with Gasteiger partial charge in [-0.05, 0) is 19.0 Å². The molecule has 25 heavy (non-hydrogen) atoms. The zero-order chi connectivity index (χ0) is 18.0. The molecule has 136 valence electrons. The molecule has 1 amide bonds. The van der Waals surface area contributed by atoms with Crippen molar-refractivity contribution in [1.82, 2.24) is 14.5 Å². The summed E-state index contributed by atoms with van der Waals surface area (Å²) in [7, 11) is -3.81. The highest BCUT2D eigenvalue weighted by Gasteiger charge is 2.33. The van der Waals surface area contributed by atoms with Gasteiger partial charge in [-0.25, -0.2) is 8.42 Å². The first-order valence-corrected chi connectivity index (χ1v) is 9.58. The van der Waals surface area contributed by atoms with Gasteiger partial charge in [-0.1, -0.05) is 6.07 Å². The van der Waals surface area contributed by atoms with Crippen LogP contribution in [0.1, 0.15) is 6.42 Å². The van der Waals surface area contributed by atoms with Crippen LogP contribution in [0.4, 0.5) is 5.69 Å². The van der Waals surface area contributed by atoms with E-state index in [-0.39, 0.29) is 35.5 Å². The Labute approximate surface area is 145 Å². The van der Waals surface area contributed by atoms with Crippen molar-refractivity contribution in [3.63, 3.8) is 0 Å². The molecular formula is C15H20N4O5S. The number of nitrogens with one attached hydrogen (secondary N) is 1. The molecule has 1 unspecified atom stereocenters. The van der Waals surface area contributed by atoms with Crippen molar-refractivity contribution in [3.05, 3.63) is 34.4 Å². The van der Waals surface area contributed by atoms with Crippen LogP contribution in [0.25, 0.3) is 0 Å². The molecule has 2 fully saturated rings. The van der Waals surface area contributed by atoms with Gasteiger partial charge in [0.25, 0.3) is 5.69 Å². The van der Waals surface area contributed by atoms with Crippen molar-refractivity contribution in [2.75, 3.05) is 39.3 Å². The number of sulfonamides is 1. The summed E-state index contributed by atoms with van der Waals surface area (Å²) in [6.07, 6.45) is 0.811. The van der Waals surface area contributed by atoms with Gasteiger partial charge in [0.05, 0.1) is 15.7 Å². The Bertz CT molecular complexity index is 768. The third kappa shape index (κ3) is 3.65. The largest absolute Gasteiger partial charge is 0.340 e. The maximum Gasteiger partial charge on any atom is 0.270 e. The van der Waals surface area contributed by atoms with Crippen molar-refractivity contribution in [3.8, 4) is 0 Å². The molecule has 1 atom stereocenters. The molecular weight excluding hydrogens is 348 g/mol. The number of nitro benzene ring substituents is 1. The molecule has 1 aromatic carbocycles. The fourth-order valence-electron chi connectivity index (χ4n) is 3.18. The molecule has 1 aromatic rings. The topological polar surface area (TPSA) is 113 Å². The van der Waals surface area contributed by atoms with Crippen LogP contribution < -0.4 is 5.32 Å². The number of carbonyl (C=O) groups is 1. The van der Waals surface area contributed by atoms with Crippen LogP contribution in [0, 0.1) is 16.0 Å². The Kier molecular flexibility index (Phi) is 5.02. The standard InChI is InChI=1S/C15H20N4O5S/c20-15(12-4-5-16-11-12)17-6-8-18(9-7-17)25(23,24)14-3-1-2-13(10-14)19(21)22/h1-3,10,12,16H,4-9,11H2. The molecule has 2 aliphatic rings. The molecule has 2 saturated heterocycles. The number of piperazine rings is 1. The smallest absolute Gasteiger partial charge is 0.270 e. The summed E-state index contributed by atoms with van der Waals surface area (Å²) < 4.78 is 26.6. The summed E-state index contributed by atoms with van der Waals surface area (Å²) in [5, 5.41) is 14.0. The van der Waals surface area contributed by atoms with Crippen LogP contribution in [-0.4, -0.2) is 67.7 Å². The van der Waals surface area contributed by atoms with Gasteiger partial charge in [-0.2, -0.15) is 4.31 Å². The molecule has 9 nitrogen and oxygen atoms in total. The number of amides is 1. The third-order valence-electron chi connectivity index (χ3n) is 4.63. The van der Waals surface area contributed by atoms with Crippen molar-refractivity contribution in [2.24, 2.45) is 5.92 Å². The third-order valence-corrected chi connectivity index (χ3v) is 6.52. The number of nitro groups is 1. The highest BCUT2D eigenvalue weighted by atomic mass is 32.2. The van der Waals surface area contributed by atoms with Crippen LogP contribution in [0.2, 0.25) is 0 Å². The predicted octanol–water partition coefficient (Wildman–Crippen LogP) is 0.0372. The lowest BCUT2D eigenvalue weighted by Gasteiger charge is -2.35. The summed E-state index contributed by atoms with van der Waals surface area (Å²) in [5.41, 5.74) is -0.261. The van der Waals surface area contributed by atoms with Crippen LogP contribution in [0.5, 0.6) is 0 Å². The molecule has 0 radical (unpaired) electrons. The van der Waals surface area contributed by atoms with E-state index in [1.807, 2.05) is 0 Å². The average Bonchev–Trinajstić information content (AvgIpc) is 3.16. The average molecular weight is 368 g/mol. The number of hydrogen-bond donors (Lipinski definition) is 1. The van der Waals surface area contributed by atoms with Gasteiger partial charge < -0.3 is 10.2 Å². The number of hydrogen-bond acceptors (Lipinski definition) is 6. The predicted molar refractivity (Wildman–Crippen MR) is 89.4 cm³/mol. The number of carbonyl (C=O) groups excluding carboxylic acids is 1. The molecule has 0 saturated carbocycles. The molecule has 0 aromatic heterocycles. The van der Waals surface area contributed by atoms with E-state index in [9.17, 15) is 23.3 Å². The van der Waals surface area contributed by atoms with Crippen molar-refractivity contribution in [2.45, 2.75) is 11.3 Å². The Morgan fingerprint density at radius 1 is 1.24 bits per heavy atom. The Morgan fingerprint density at radius 2 is 1.96 bits per heavy atom. The summed E-state index contributed by atoms with van der Waals surface area (Å²) in [4.78, 5) is 24.2. The van der Waals surface area contributed by atoms with E-state index in [4.69, 9.17) is 0 Å². The van der Waals surface area contributed by atoms with Gasteiger partial charge in [0.15, 0.2) is 0 Å². The zero-order valence-electron chi connectivity index (χ0n) is 13.6. The molecule has 10 heteroatoms. The monoisotopic (exact) mass is 368 g/mol. The number of non-ortho nitro benzene ring substituents is 1. The van der Waals surface area contributed by atoms with Crippen molar-refractivity contribution < 1.29 is 18.1 Å².